The fourth-order valence-electron chi connectivity index (χ4n) is 1.54. The van der Waals surface area contributed by atoms with Crippen molar-refractivity contribution in [1.82, 2.24) is 4.72 Å². The second-order valence-corrected chi connectivity index (χ2v) is 5.82. The predicted octanol–water partition coefficient (Wildman–Crippen LogP) is 0.988. The summed E-state index contributed by atoms with van der Waals surface area (Å²) < 4.78 is 45.1. The summed E-state index contributed by atoms with van der Waals surface area (Å²) in [5, 5.41) is 0. The van der Waals surface area contributed by atoms with E-state index in [9.17, 15) is 12.8 Å². The van der Waals surface area contributed by atoms with Crippen molar-refractivity contribution in [3.8, 4) is 0 Å². The van der Waals surface area contributed by atoms with E-state index < -0.39 is 15.8 Å². The summed E-state index contributed by atoms with van der Waals surface area (Å²) in [5.74, 6) is -0.806. The topological polar surface area (TPSA) is 81.4 Å². The average Bonchev–Trinajstić information content (AvgIpc) is 2.36. The van der Waals surface area contributed by atoms with Gasteiger partial charge in [0.05, 0.1) is 6.10 Å². The van der Waals surface area contributed by atoms with Crippen LogP contribution in [-0.4, -0.2) is 27.7 Å². The summed E-state index contributed by atoms with van der Waals surface area (Å²) in [5.41, 5.74) is 5.90. The van der Waals surface area contributed by atoms with Crippen LogP contribution >= 0.6 is 0 Å². The van der Waals surface area contributed by atoms with Gasteiger partial charge in [-0.05, 0) is 31.5 Å². The average molecular weight is 290 g/mol. The molecule has 3 N–H and O–H groups in total. The van der Waals surface area contributed by atoms with Crippen molar-refractivity contribution in [2.75, 3.05) is 13.2 Å². The molecule has 1 rings (SSSR count). The molecule has 0 aromatic heterocycles. The zero-order valence-electron chi connectivity index (χ0n) is 11.0. The normalized spacial score (nSPS) is 13.5. The second kappa shape index (κ2) is 6.95. The number of nitrogens with two attached hydrogens (primary N) is 1. The molecule has 0 radical (unpaired) electrons. The number of ether oxygens (including phenoxy) is 1. The lowest BCUT2D eigenvalue weighted by Crippen LogP contribution is -2.32. The van der Waals surface area contributed by atoms with E-state index in [1.807, 2.05) is 6.92 Å². The molecule has 1 unspecified atom stereocenters. The minimum Gasteiger partial charge on any atom is -0.377 e. The molecule has 1 aromatic rings. The fraction of sp³-hybridized carbons (Fsp3) is 0.500. The second-order valence-electron chi connectivity index (χ2n) is 4.09. The Kier molecular flexibility index (Phi) is 5.86. The molecule has 0 saturated heterocycles. The lowest BCUT2D eigenvalue weighted by atomic mass is 10.2. The van der Waals surface area contributed by atoms with Gasteiger partial charge in [0.2, 0.25) is 10.0 Å². The number of nitrogens with one attached hydrogen (secondary N) is 1. The first-order valence-corrected chi connectivity index (χ1v) is 7.48. The van der Waals surface area contributed by atoms with Gasteiger partial charge in [-0.1, -0.05) is 6.07 Å². The van der Waals surface area contributed by atoms with Crippen molar-refractivity contribution in [2.24, 2.45) is 5.73 Å². The van der Waals surface area contributed by atoms with Crippen LogP contribution in [0.4, 0.5) is 4.39 Å². The van der Waals surface area contributed by atoms with Gasteiger partial charge in [-0.2, -0.15) is 0 Å². The van der Waals surface area contributed by atoms with Crippen molar-refractivity contribution in [2.45, 2.75) is 31.4 Å². The van der Waals surface area contributed by atoms with Crippen LogP contribution in [0.1, 0.15) is 19.4 Å². The minimum atomic E-state index is -3.88. The summed E-state index contributed by atoms with van der Waals surface area (Å²) in [6, 6.07) is 3.83. The molecule has 1 aromatic carbocycles. The molecule has 108 valence electrons. The van der Waals surface area contributed by atoms with Crippen LogP contribution in [0.5, 0.6) is 0 Å². The summed E-state index contributed by atoms with van der Waals surface area (Å²) in [7, 11) is -3.88. The van der Waals surface area contributed by atoms with Gasteiger partial charge in [0.1, 0.15) is 10.7 Å². The van der Waals surface area contributed by atoms with Crippen molar-refractivity contribution in [3.63, 3.8) is 0 Å². The highest BCUT2D eigenvalue weighted by Crippen LogP contribution is 2.15. The number of sulfonamides is 1. The predicted molar refractivity (Wildman–Crippen MR) is 70.6 cm³/mol. The van der Waals surface area contributed by atoms with Gasteiger partial charge in [-0.25, -0.2) is 17.5 Å². The van der Waals surface area contributed by atoms with Crippen molar-refractivity contribution in [3.05, 3.63) is 29.6 Å². The first-order chi connectivity index (χ1) is 8.90. The van der Waals surface area contributed by atoms with Crippen LogP contribution in [-0.2, 0) is 21.3 Å². The SMILES string of the molecule is CCOC(C)CNS(=O)(=O)c1ccc(CN)cc1F. The molecule has 0 saturated carbocycles. The van der Waals surface area contributed by atoms with Crippen molar-refractivity contribution >= 4 is 10.0 Å². The van der Waals surface area contributed by atoms with Gasteiger partial charge < -0.3 is 10.5 Å². The molecule has 0 aliphatic heterocycles. The Morgan fingerprint density at radius 3 is 2.68 bits per heavy atom. The van der Waals surface area contributed by atoms with Crippen LogP contribution in [0.15, 0.2) is 23.1 Å². The van der Waals surface area contributed by atoms with E-state index in [4.69, 9.17) is 10.5 Å². The maximum Gasteiger partial charge on any atom is 0.243 e. The molecule has 0 fully saturated rings. The monoisotopic (exact) mass is 290 g/mol. The Bertz CT molecular complexity index is 520. The number of hydrogen-bond donors (Lipinski definition) is 2. The highest BCUT2D eigenvalue weighted by molar-refractivity contribution is 7.89. The molecule has 0 spiro atoms. The van der Waals surface area contributed by atoms with Crippen LogP contribution in [0.2, 0.25) is 0 Å². The zero-order valence-corrected chi connectivity index (χ0v) is 11.8. The Morgan fingerprint density at radius 2 is 2.16 bits per heavy atom. The molecule has 0 aliphatic rings. The van der Waals surface area contributed by atoms with Gasteiger partial charge >= 0.3 is 0 Å². The summed E-state index contributed by atoms with van der Waals surface area (Å²) in [6.07, 6.45) is -0.272. The third-order valence-corrected chi connectivity index (χ3v) is 3.99. The molecule has 7 heteroatoms. The van der Waals surface area contributed by atoms with Gasteiger partial charge in [-0.3, -0.25) is 0 Å². The molecule has 0 heterocycles. The van der Waals surface area contributed by atoms with E-state index in [1.165, 1.54) is 12.1 Å². The molecule has 0 aliphatic carbocycles. The van der Waals surface area contributed by atoms with Crippen LogP contribution in [0.3, 0.4) is 0 Å². The molecule has 0 bridgehead atoms. The van der Waals surface area contributed by atoms with Gasteiger partial charge in [0.25, 0.3) is 0 Å². The Balaban J connectivity index is 2.83. The third-order valence-electron chi connectivity index (χ3n) is 2.53. The molecule has 19 heavy (non-hydrogen) atoms. The van der Waals surface area contributed by atoms with E-state index in [1.54, 1.807) is 6.92 Å². The maximum absolute atomic E-state index is 13.7. The van der Waals surface area contributed by atoms with E-state index in [-0.39, 0.29) is 24.1 Å². The highest BCUT2D eigenvalue weighted by atomic mass is 32.2. The summed E-state index contributed by atoms with van der Waals surface area (Å²) in [6.45, 7) is 4.29. The largest absolute Gasteiger partial charge is 0.377 e. The van der Waals surface area contributed by atoms with E-state index in [0.717, 1.165) is 6.07 Å². The highest BCUT2D eigenvalue weighted by Gasteiger charge is 2.19. The fourth-order valence-corrected chi connectivity index (χ4v) is 2.71. The molecule has 0 amide bonds. The van der Waals surface area contributed by atoms with E-state index in [2.05, 4.69) is 4.72 Å². The number of benzene rings is 1. The van der Waals surface area contributed by atoms with Gasteiger partial charge in [0.15, 0.2) is 0 Å². The van der Waals surface area contributed by atoms with Gasteiger partial charge in [-0.15, -0.1) is 0 Å². The molecule has 1 atom stereocenters. The Morgan fingerprint density at radius 1 is 1.47 bits per heavy atom. The summed E-state index contributed by atoms with van der Waals surface area (Å²) in [4.78, 5) is -0.381. The first kappa shape index (κ1) is 16.0. The lowest BCUT2D eigenvalue weighted by Gasteiger charge is -2.13. The first-order valence-electron chi connectivity index (χ1n) is 6.00. The lowest BCUT2D eigenvalue weighted by molar-refractivity contribution is 0.0799. The quantitative estimate of drug-likeness (QED) is 0.784. The van der Waals surface area contributed by atoms with Crippen LogP contribution < -0.4 is 10.5 Å². The zero-order chi connectivity index (χ0) is 14.5. The van der Waals surface area contributed by atoms with E-state index >= 15 is 0 Å². The van der Waals surface area contributed by atoms with E-state index in [0.29, 0.717) is 12.2 Å². The Labute approximate surface area is 113 Å². The molecular weight excluding hydrogens is 271 g/mol. The van der Waals surface area contributed by atoms with Crippen molar-refractivity contribution in [1.29, 1.82) is 0 Å². The maximum atomic E-state index is 13.7. The van der Waals surface area contributed by atoms with Crippen LogP contribution in [0.25, 0.3) is 0 Å². The number of hydrogen-bond acceptors (Lipinski definition) is 4. The third kappa shape index (κ3) is 4.54. The summed E-state index contributed by atoms with van der Waals surface area (Å²) >= 11 is 0. The standard InChI is InChI=1S/C12H19FN2O3S/c1-3-18-9(2)8-15-19(16,17)12-5-4-10(7-14)6-11(12)13/h4-6,9,15H,3,7-8,14H2,1-2H3. The Hall–Kier alpha value is -1.02. The van der Waals surface area contributed by atoms with Crippen molar-refractivity contribution < 1.29 is 17.5 Å². The van der Waals surface area contributed by atoms with Crippen LogP contribution in [0, 0.1) is 5.82 Å². The minimum absolute atomic E-state index is 0.0915. The molecule has 5 nitrogen and oxygen atoms in total. The smallest absolute Gasteiger partial charge is 0.243 e. The number of rotatable bonds is 7. The van der Waals surface area contributed by atoms with Gasteiger partial charge in [0, 0.05) is 19.7 Å². The molecular formula is C12H19FN2O3S. The number of halogens is 1.